The molecule has 0 bridgehead atoms. The summed E-state index contributed by atoms with van der Waals surface area (Å²) in [6.45, 7) is 0. The van der Waals surface area contributed by atoms with E-state index in [1.807, 2.05) is 48.7 Å². The van der Waals surface area contributed by atoms with Gasteiger partial charge in [0.25, 0.3) is 0 Å². The van der Waals surface area contributed by atoms with E-state index < -0.39 is 0 Å². The molecule has 0 amide bonds. The van der Waals surface area contributed by atoms with Gasteiger partial charge in [0.15, 0.2) is 0 Å². The van der Waals surface area contributed by atoms with Gasteiger partial charge in [-0.15, -0.1) is 0 Å². The molecule has 3 rings (SSSR count). The first-order valence-corrected chi connectivity index (χ1v) is 6.53. The first kappa shape index (κ1) is 12.0. The maximum Gasteiger partial charge on any atom is 0.110 e. The molecule has 0 aliphatic heterocycles. The molecule has 1 heterocycles. The summed E-state index contributed by atoms with van der Waals surface area (Å²) in [6.07, 6.45) is 2.63. The van der Waals surface area contributed by atoms with Gasteiger partial charge in [-0.2, -0.15) is 0 Å². The van der Waals surface area contributed by atoms with Crippen LogP contribution < -0.4 is 0 Å². The van der Waals surface area contributed by atoms with Gasteiger partial charge < -0.3 is 4.98 Å². The quantitative estimate of drug-likeness (QED) is 0.753. The van der Waals surface area contributed by atoms with Crippen molar-refractivity contribution in [3.8, 4) is 11.3 Å². The molecule has 0 atom stereocenters. The minimum atomic E-state index is 0.734. The summed E-state index contributed by atoms with van der Waals surface area (Å²) in [7, 11) is 0. The second-order valence-corrected chi connectivity index (χ2v) is 4.79. The van der Waals surface area contributed by atoms with Gasteiger partial charge in [-0.3, -0.25) is 0 Å². The lowest BCUT2D eigenvalue weighted by Crippen LogP contribution is -1.90. The summed E-state index contributed by atoms with van der Waals surface area (Å²) in [4.78, 5) is 7.74. The molecule has 0 radical (unpaired) electrons. The third kappa shape index (κ3) is 2.69. The lowest BCUT2D eigenvalue weighted by atomic mass is 10.1. The molecule has 2 aromatic carbocycles. The molecule has 0 spiro atoms. The van der Waals surface area contributed by atoms with Crippen LogP contribution in [0.5, 0.6) is 0 Å². The van der Waals surface area contributed by atoms with E-state index in [1.54, 1.807) is 0 Å². The summed E-state index contributed by atoms with van der Waals surface area (Å²) in [5.74, 6) is 0.945. The Morgan fingerprint density at radius 1 is 0.947 bits per heavy atom. The van der Waals surface area contributed by atoms with E-state index in [0.717, 1.165) is 28.5 Å². The second kappa shape index (κ2) is 5.29. The van der Waals surface area contributed by atoms with Gasteiger partial charge in [-0.1, -0.05) is 60.1 Å². The van der Waals surface area contributed by atoms with Crippen molar-refractivity contribution in [1.82, 2.24) is 9.97 Å². The molecule has 0 aliphatic rings. The highest BCUT2D eigenvalue weighted by Crippen LogP contribution is 2.26. The third-order valence-corrected chi connectivity index (χ3v) is 3.34. The Hall–Kier alpha value is -2.06. The van der Waals surface area contributed by atoms with Crippen LogP contribution in [0, 0.1) is 0 Å². The normalized spacial score (nSPS) is 10.6. The van der Waals surface area contributed by atoms with Crippen molar-refractivity contribution in [2.75, 3.05) is 0 Å². The Labute approximate surface area is 117 Å². The van der Waals surface area contributed by atoms with Gasteiger partial charge in [0, 0.05) is 17.0 Å². The molecular weight excluding hydrogens is 256 g/mol. The largest absolute Gasteiger partial charge is 0.342 e. The number of imidazole rings is 1. The minimum Gasteiger partial charge on any atom is -0.342 e. The molecule has 3 heteroatoms. The molecule has 0 aliphatic carbocycles. The zero-order valence-corrected chi connectivity index (χ0v) is 11.1. The van der Waals surface area contributed by atoms with Crippen LogP contribution in [0.25, 0.3) is 11.3 Å². The Balaban J connectivity index is 1.86. The lowest BCUT2D eigenvalue weighted by Gasteiger charge is -2.00. The Morgan fingerprint density at radius 2 is 1.68 bits per heavy atom. The summed E-state index contributed by atoms with van der Waals surface area (Å²) >= 11 is 6.18. The number of H-pyrrole nitrogens is 1. The summed E-state index contributed by atoms with van der Waals surface area (Å²) in [5.41, 5.74) is 3.18. The predicted molar refractivity (Wildman–Crippen MR) is 78.3 cm³/mol. The predicted octanol–water partition coefficient (Wildman–Crippen LogP) is 4.32. The highest BCUT2D eigenvalue weighted by Gasteiger charge is 2.06. The van der Waals surface area contributed by atoms with Crippen LogP contribution in [-0.2, 0) is 6.42 Å². The molecule has 0 fully saturated rings. The number of hydrogen-bond donors (Lipinski definition) is 1. The highest BCUT2D eigenvalue weighted by molar-refractivity contribution is 6.33. The summed E-state index contributed by atoms with van der Waals surface area (Å²) < 4.78 is 0. The minimum absolute atomic E-state index is 0.734. The zero-order chi connectivity index (χ0) is 13.1. The maximum atomic E-state index is 6.18. The molecule has 2 nitrogen and oxygen atoms in total. The van der Waals surface area contributed by atoms with Crippen LogP contribution in [0.3, 0.4) is 0 Å². The number of hydrogen-bond acceptors (Lipinski definition) is 1. The Bertz CT molecular complexity index is 674. The molecule has 0 saturated carbocycles. The van der Waals surface area contributed by atoms with E-state index in [-0.39, 0.29) is 0 Å². The van der Waals surface area contributed by atoms with Crippen molar-refractivity contribution >= 4 is 11.6 Å². The highest BCUT2D eigenvalue weighted by atomic mass is 35.5. The monoisotopic (exact) mass is 268 g/mol. The van der Waals surface area contributed by atoms with Gasteiger partial charge in [0.2, 0.25) is 0 Å². The van der Waals surface area contributed by atoms with Gasteiger partial charge >= 0.3 is 0 Å². The van der Waals surface area contributed by atoms with Gasteiger partial charge in [0.1, 0.15) is 5.82 Å². The topological polar surface area (TPSA) is 28.7 Å². The van der Waals surface area contributed by atoms with Crippen molar-refractivity contribution in [3.05, 3.63) is 77.2 Å². The van der Waals surface area contributed by atoms with Gasteiger partial charge in [-0.25, -0.2) is 4.98 Å². The van der Waals surface area contributed by atoms with Crippen LogP contribution in [0.2, 0.25) is 5.02 Å². The average molecular weight is 269 g/mol. The number of aromatic amines is 1. The van der Waals surface area contributed by atoms with Crippen LogP contribution in [-0.4, -0.2) is 9.97 Å². The molecule has 1 N–H and O–H groups in total. The SMILES string of the molecule is Clc1ccccc1-c1cnc(Cc2ccccc2)[nH]1. The molecule has 94 valence electrons. The van der Waals surface area contributed by atoms with Gasteiger partial charge in [0.05, 0.1) is 11.9 Å². The average Bonchev–Trinajstić information content (AvgIpc) is 2.89. The number of rotatable bonds is 3. The van der Waals surface area contributed by atoms with E-state index in [2.05, 4.69) is 22.1 Å². The number of nitrogens with zero attached hydrogens (tertiary/aromatic N) is 1. The van der Waals surface area contributed by atoms with Crippen LogP contribution in [0.15, 0.2) is 60.8 Å². The van der Waals surface area contributed by atoms with Crippen molar-refractivity contribution < 1.29 is 0 Å². The zero-order valence-electron chi connectivity index (χ0n) is 10.3. The van der Waals surface area contributed by atoms with Crippen molar-refractivity contribution in [2.24, 2.45) is 0 Å². The molecular formula is C16H13ClN2. The van der Waals surface area contributed by atoms with Gasteiger partial charge in [-0.05, 0) is 11.6 Å². The number of aromatic nitrogens is 2. The number of benzene rings is 2. The smallest absolute Gasteiger partial charge is 0.110 e. The molecule has 1 aromatic heterocycles. The van der Waals surface area contributed by atoms with Crippen LogP contribution >= 0.6 is 11.6 Å². The fourth-order valence-corrected chi connectivity index (χ4v) is 2.30. The number of nitrogens with one attached hydrogen (secondary N) is 1. The molecule has 0 unspecified atom stereocenters. The van der Waals surface area contributed by atoms with Crippen molar-refractivity contribution in [3.63, 3.8) is 0 Å². The first-order chi connectivity index (χ1) is 9.33. The fourth-order valence-electron chi connectivity index (χ4n) is 2.06. The molecule has 3 aromatic rings. The Kier molecular flexibility index (Phi) is 3.34. The van der Waals surface area contributed by atoms with Crippen molar-refractivity contribution in [2.45, 2.75) is 6.42 Å². The van der Waals surface area contributed by atoms with Crippen LogP contribution in [0.4, 0.5) is 0 Å². The fraction of sp³-hybridized carbons (Fsp3) is 0.0625. The van der Waals surface area contributed by atoms with Crippen molar-refractivity contribution in [1.29, 1.82) is 0 Å². The second-order valence-electron chi connectivity index (χ2n) is 4.39. The van der Waals surface area contributed by atoms with E-state index in [1.165, 1.54) is 5.56 Å². The van der Waals surface area contributed by atoms with Crippen LogP contribution in [0.1, 0.15) is 11.4 Å². The maximum absolute atomic E-state index is 6.18. The summed E-state index contributed by atoms with van der Waals surface area (Å²) in [6, 6.07) is 18.0. The van der Waals surface area contributed by atoms with E-state index in [4.69, 9.17) is 11.6 Å². The lowest BCUT2D eigenvalue weighted by molar-refractivity contribution is 1.03. The third-order valence-electron chi connectivity index (χ3n) is 3.01. The first-order valence-electron chi connectivity index (χ1n) is 6.15. The van der Waals surface area contributed by atoms with E-state index in [0.29, 0.717) is 0 Å². The standard InChI is InChI=1S/C16H13ClN2/c17-14-9-5-4-8-13(14)15-11-18-16(19-15)10-12-6-2-1-3-7-12/h1-9,11H,10H2,(H,18,19). The Morgan fingerprint density at radius 3 is 2.47 bits per heavy atom. The molecule has 0 saturated heterocycles. The van der Waals surface area contributed by atoms with E-state index in [9.17, 15) is 0 Å². The molecule has 19 heavy (non-hydrogen) atoms. The summed E-state index contributed by atoms with van der Waals surface area (Å²) in [5, 5.41) is 0.734. The number of halogens is 1. The van der Waals surface area contributed by atoms with E-state index >= 15 is 0 Å².